The van der Waals surface area contributed by atoms with Crippen LogP contribution in [-0.4, -0.2) is 93.0 Å². The van der Waals surface area contributed by atoms with Crippen LogP contribution in [0.15, 0.2) is 191 Å². The number of aromatic nitrogens is 18. The molecular weight excluding hydrogens is 1110 g/mol. The molecule has 0 saturated carbocycles. The van der Waals surface area contributed by atoms with Crippen LogP contribution in [-0.2, 0) is 0 Å². The molecule has 9 aromatic heterocycles. The largest absolute Gasteiger partial charge is 0.491 e. The Morgan fingerprint density at radius 2 is 0.908 bits per heavy atom. The van der Waals surface area contributed by atoms with Crippen molar-refractivity contribution >= 4 is 66.6 Å². The van der Waals surface area contributed by atoms with Crippen molar-refractivity contribution in [3.63, 3.8) is 0 Å². The zero-order chi connectivity index (χ0) is 57.8. The van der Waals surface area contributed by atoms with Gasteiger partial charge in [0.25, 0.3) is 0 Å². The number of aromatic amines is 1. The Morgan fingerprint density at radius 1 is 0.437 bits per heavy atom. The van der Waals surface area contributed by atoms with E-state index in [1.807, 2.05) is 115 Å². The van der Waals surface area contributed by atoms with Crippen molar-refractivity contribution in [2.45, 2.75) is 43.4 Å². The molecular formula is C62H41FN18O6. The highest BCUT2D eigenvalue weighted by Crippen LogP contribution is 2.46. The number of imidazole rings is 6. The van der Waals surface area contributed by atoms with Crippen LogP contribution in [0.2, 0.25) is 0 Å². The summed E-state index contributed by atoms with van der Waals surface area (Å²) in [5, 5.41) is 0. The van der Waals surface area contributed by atoms with Gasteiger partial charge in [0.15, 0.2) is 29.4 Å². The summed E-state index contributed by atoms with van der Waals surface area (Å²) in [6.07, 6.45) is 7.06. The fourth-order valence-electron chi connectivity index (χ4n) is 13.0. The Bertz CT molecular complexity index is 5570. The Morgan fingerprint density at radius 3 is 1.51 bits per heavy atom. The average molecular weight is 1150 g/mol. The monoisotopic (exact) mass is 1150 g/mol. The summed E-state index contributed by atoms with van der Waals surface area (Å²) in [6, 6.07) is 39.4. The second-order valence-corrected chi connectivity index (χ2v) is 21.5. The zero-order valence-electron chi connectivity index (χ0n) is 45.2. The van der Waals surface area contributed by atoms with E-state index in [2.05, 4.69) is 24.9 Å². The number of ether oxygens (including phenoxy) is 3. The molecule has 1 N–H and O–H groups in total. The first-order valence-electron chi connectivity index (χ1n) is 28.0. The SMILES string of the molecule is O=c1[nH]c2cnc(-n3cnc4ccccc43)nc2n1C1CC(n2c(=O)n(C3CC(n4c(=O)n(C5COc6ccccc65)c5nc(-n6cnc7ccccc76)ncc54)Oc4ccccc43)c3nc(-n4cnc5ccccc54)ncc32)Oc2cccc(F)c21. The number of fused-ring (bicyclic) bond motifs is 9. The van der Waals surface area contributed by atoms with Crippen LogP contribution in [0.1, 0.15) is 60.1 Å². The van der Waals surface area contributed by atoms with Crippen molar-refractivity contribution in [2.24, 2.45) is 0 Å². The third-order valence-electron chi connectivity index (χ3n) is 16.9. The van der Waals surface area contributed by atoms with Crippen molar-refractivity contribution in [2.75, 3.05) is 6.61 Å². The molecule has 3 aliphatic heterocycles. The fraction of sp³-hybridized carbons (Fsp3) is 0.129. The number of nitrogens with one attached hydrogen (secondary N) is 1. The maximum atomic E-state index is 16.7. The normalized spacial score (nSPS) is 18.1. The number of benzene rings is 6. The first-order valence-corrected chi connectivity index (χ1v) is 28.0. The van der Waals surface area contributed by atoms with Crippen LogP contribution in [0.25, 0.3) is 84.4 Å². The summed E-state index contributed by atoms with van der Waals surface area (Å²) in [5.41, 5.74) is 5.83. The molecule has 0 saturated heterocycles. The molecule has 0 fully saturated rings. The molecule has 5 atom stereocenters. The Labute approximate surface area is 485 Å². The van der Waals surface area contributed by atoms with Crippen LogP contribution in [0.4, 0.5) is 4.39 Å². The number of rotatable bonds is 8. The maximum Gasteiger partial charge on any atom is 0.334 e. The van der Waals surface area contributed by atoms with E-state index in [0.717, 1.165) is 22.1 Å². The third-order valence-corrected chi connectivity index (χ3v) is 16.9. The molecule has 0 spiro atoms. The Balaban J connectivity index is 0.821. The van der Waals surface area contributed by atoms with Gasteiger partial charge < -0.3 is 19.2 Å². The zero-order valence-corrected chi connectivity index (χ0v) is 45.2. The average Bonchev–Trinajstić information content (AvgIpc) is 1.74. The standard InChI is InChI=1S/C62H41FN18O6/c63-35-14-11-23-50-53(35)44(79-54-39(70-60(79)82)26-64-57(71-54)74-30-67-36-15-3-6-18-40(36)74)25-52(87-50)78-45-27-65-58(75-31-68-37-16-4-7-19-41(37)75)72-55(45)80(61(78)83)43-24-51(86-49-22-10-2-12-33(43)49)77-46-28-66-59(76-32-69-38-17-5-8-20-42(38)76)73-56(46)81(62(77)84)47-29-85-48-21-9-1-13-34(47)48/h1-23,26-28,30-32,43-44,47,51-52H,24-25,29H2,(H,70,82). The summed E-state index contributed by atoms with van der Waals surface area (Å²) in [6.45, 7) is 0.152. The van der Waals surface area contributed by atoms with Gasteiger partial charge in [-0.1, -0.05) is 78.9 Å². The third kappa shape index (κ3) is 7.15. The quantitative estimate of drug-likeness (QED) is 0.150. The number of para-hydroxylation sites is 8. The van der Waals surface area contributed by atoms with Gasteiger partial charge in [0, 0.05) is 24.0 Å². The van der Waals surface area contributed by atoms with E-state index in [1.165, 1.54) is 27.5 Å². The maximum absolute atomic E-state index is 16.7. The van der Waals surface area contributed by atoms with E-state index >= 15 is 14.0 Å². The van der Waals surface area contributed by atoms with Gasteiger partial charge in [-0.15, -0.1) is 0 Å². The second kappa shape index (κ2) is 18.3. The van der Waals surface area contributed by atoms with Gasteiger partial charge in [0.05, 0.1) is 69.3 Å². The molecule has 18 rings (SSSR count). The van der Waals surface area contributed by atoms with Crippen LogP contribution in [0.5, 0.6) is 17.2 Å². The number of hydrogen-bond donors (Lipinski definition) is 1. The summed E-state index contributed by atoms with van der Waals surface area (Å²) in [4.78, 5) is 92.8. The van der Waals surface area contributed by atoms with Crippen molar-refractivity contribution in [3.8, 4) is 35.1 Å². The minimum Gasteiger partial charge on any atom is -0.491 e. The molecule has 15 aromatic rings. The molecule has 87 heavy (non-hydrogen) atoms. The van der Waals surface area contributed by atoms with Crippen molar-refractivity contribution in [3.05, 3.63) is 231 Å². The molecule has 0 aliphatic carbocycles. The molecule has 0 bridgehead atoms. The van der Waals surface area contributed by atoms with Gasteiger partial charge in [-0.25, -0.2) is 48.7 Å². The lowest BCUT2D eigenvalue weighted by atomic mass is 9.97. The summed E-state index contributed by atoms with van der Waals surface area (Å²) in [7, 11) is 0. The Hall–Kier alpha value is -11.9. The van der Waals surface area contributed by atoms with E-state index in [4.69, 9.17) is 39.1 Å². The van der Waals surface area contributed by atoms with E-state index < -0.39 is 53.5 Å². The highest BCUT2D eigenvalue weighted by molar-refractivity contribution is 5.80. The Kier molecular flexibility index (Phi) is 10.2. The van der Waals surface area contributed by atoms with E-state index in [-0.39, 0.29) is 65.4 Å². The van der Waals surface area contributed by atoms with Crippen LogP contribution < -0.4 is 31.3 Å². The summed E-state index contributed by atoms with van der Waals surface area (Å²) in [5.74, 6) is 1.22. The highest BCUT2D eigenvalue weighted by atomic mass is 19.1. The number of H-pyrrole nitrogens is 1. The van der Waals surface area contributed by atoms with Crippen LogP contribution in [0.3, 0.4) is 0 Å². The van der Waals surface area contributed by atoms with Crippen molar-refractivity contribution in [1.82, 2.24) is 86.4 Å². The topological polar surface area (TPSA) is 250 Å². The van der Waals surface area contributed by atoms with Gasteiger partial charge in [-0.05, 0) is 60.7 Å². The molecule has 5 unspecified atom stereocenters. The number of halogens is 1. The number of hydrogen-bond acceptors (Lipinski definition) is 15. The molecule has 25 heteroatoms. The first-order chi connectivity index (χ1) is 42.8. The van der Waals surface area contributed by atoms with Gasteiger partial charge in [-0.2, -0.15) is 15.0 Å². The van der Waals surface area contributed by atoms with E-state index in [1.54, 1.807) is 70.9 Å². The fourth-order valence-corrected chi connectivity index (χ4v) is 13.0. The van der Waals surface area contributed by atoms with E-state index in [9.17, 15) is 4.79 Å². The molecule has 422 valence electrons. The van der Waals surface area contributed by atoms with Gasteiger partial charge >= 0.3 is 17.1 Å². The first kappa shape index (κ1) is 48.6. The van der Waals surface area contributed by atoms with Gasteiger partial charge in [-0.3, -0.25) is 36.5 Å². The van der Waals surface area contributed by atoms with E-state index in [0.29, 0.717) is 50.3 Å². The van der Waals surface area contributed by atoms with Gasteiger partial charge in [0.2, 0.25) is 17.8 Å². The van der Waals surface area contributed by atoms with Gasteiger partial charge in [0.1, 0.15) is 71.2 Å². The lowest BCUT2D eigenvalue weighted by molar-refractivity contribution is 0.0802. The second-order valence-electron chi connectivity index (χ2n) is 21.5. The molecule has 0 amide bonds. The lowest BCUT2D eigenvalue weighted by Crippen LogP contribution is -2.39. The predicted octanol–water partition coefficient (Wildman–Crippen LogP) is 8.21. The molecule has 0 radical (unpaired) electrons. The van der Waals surface area contributed by atoms with Crippen LogP contribution in [0, 0.1) is 5.82 Å². The molecule has 6 aromatic carbocycles. The minimum absolute atomic E-state index is 0.00474. The molecule has 24 nitrogen and oxygen atoms in total. The van der Waals surface area contributed by atoms with Crippen molar-refractivity contribution in [1.29, 1.82) is 0 Å². The molecule has 12 heterocycles. The predicted molar refractivity (Wildman–Crippen MR) is 313 cm³/mol. The summed E-state index contributed by atoms with van der Waals surface area (Å²) >= 11 is 0. The van der Waals surface area contributed by atoms with Crippen molar-refractivity contribution < 1.29 is 18.6 Å². The molecule has 3 aliphatic rings. The lowest BCUT2D eigenvalue weighted by Gasteiger charge is -2.34. The minimum atomic E-state index is -1.22. The highest BCUT2D eigenvalue weighted by Gasteiger charge is 2.42. The smallest absolute Gasteiger partial charge is 0.334 e. The summed E-state index contributed by atoms with van der Waals surface area (Å²) < 4.78 is 49.4. The van der Waals surface area contributed by atoms with Crippen LogP contribution >= 0.6 is 0 Å². The number of nitrogens with zero attached hydrogens (tertiary/aromatic N) is 17.